The summed E-state index contributed by atoms with van der Waals surface area (Å²) in [6.07, 6.45) is 3.69. The normalized spacial score (nSPS) is 32.9. The standard InChI is InChI=1S/C18H24N2O2/c1-11(21)13-8-18(22-3)14-5-4-6-15-17(14)12(9-19-15)7-16(18)20(2)10-13/h4-6,9,11,13,16,19,21H,7-8,10H2,1-3H3/t11?,13-,16-,18+/m1/s1. The van der Waals surface area contributed by atoms with Crippen LogP contribution in [0.4, 0.5) is 0 Å². The van der Waals surface area contributed by atoms with E-state index in [0.29, 0.717) is 6.04 Å². The summed E-state index contributed by atoms with van der Waals surface area (Å²) in [7, 11) is 3.98. The summed E-state index contributed by atoms with van der Waals surface area (Å²) in [5.41, 5.74) is 3.51. The number of methoxy groups -OCH3 is 1. The highest BCUT2D eigenvalue weighted by atomic mass is 16.5. The molecule has 2 heterocycles. The van der Waals surface area contributed by atoms with Crippen LogP contribution in [0.1, 0.15) is 24.5 Å². The van der Waals surface area contributed by atoms with Gasteiger partial charge in [0, 0.05) is 42.7 Å². The van der Waals surface area contributed by atoms with Crippen molar-refractivity contribution in [3.05, 3.63) is 35.5 Å². The number of aliphatic hydroxyl groups excluding tert-OH is 1. The van der Waals surface area contributed by atoms with Gasteiger partial charge in [-0.05, 0) is 44.0 Å². The van der Waals surface area contributed by atoms with Crippen LogP contribution in [0.2, 0.25) is 0 Å². The van der Waals surface area contributed by atoms with Crippen molar-refractivity contribution < 1.29 is 9.84 Å². The maximum Gasteiger partial charge on any atom is 0.110 e. The Balaban J connectivity index is 1.93. The third-order valence-electron chi connectivity index (χ3n) is 5.86. The Kier molecular flexibility index (Phi) is 3.12. The summed E-state index contributed by atoms with van der Waals surface area (Å²) < 4.78 is 6.18. The minimum Gasteiger partial charge on any atom is -0.393 e. The zero-order chi connectivity index (χ0) is 15.5. The number of aromatic nitrogens is 1. The third-order valence-corrected chi connectivity index (χ3v) is 5.86. The van der Waals surface area contributed by atoms with Gasteiger partial charge in [-0.1, -0.05) is 12.1 Å². The second kappa shape index (κ2) is 4.82. The van der Waals surface area contributed by atoms with E-state index in [1.165, 1.54) is 22.0 Å². The van der Waals surface area contributed by atoms with Gasteiger partial charge in [0.25, 0.3) is 0 Å². The van der Waals surface area contributed by atoms with Crippen molar-refractivity contribution in [1.82, 2.24) is 9.88 Å². The molecule has 2 aliphatic rings. The van der Waals surface area contributed by atoms with Crippen LogP contribution < -0.4 is 0 Å². The highest BCUT2D eigenvalue weighted by molar-refractivity contribution is 5.88. The molecule has 4 heteroatoms. The van der Waals surface area contributed by atoms with E-state index in [4.69, 9.17) is 4.74 Å². The summed E-state index contributed by atoms with van der Waals surface area (Å²) in [5, 5.41) is 11.5. The number of rotatable bonds is 2. The predicted octanol–water partition coefficient (Wildman–Crippen LogP) is 2.27. The summed E-state index contributed by atoms with van der Waals surface area (Å²) in [4.78, 5) is 5.77. The topological polar surface area (TPSA) is 48.5 Å². The fourth-order valence-electron chi connectivity index (χ4n) is 4.68. The molecule has 0 bridgehead atoms. The Labute approximate surface area is 131 Å². The number of nitrogens with one attached hydrogen (secondary N) is 1. The Hall–Kier alpha value is -1.36. The van der Waals surface area contributed by atoms with Crippen molar-refractivity contribution in [3.63, 3.8) is 0 Å². The van der Waals surface area contributed by atoms with Crippen molar-refractivity contribution in [2.24, 2.45) is 5.92 Å². The lowest BCUT2D eigenvalue weighted by atomic mass is 9.68. The maximum absolute atomic E-state index is 10.2. The zero-order valence-electron chi connectivity index (χ0n) is 13.5. The number of likely N-dealkylation sites (tertiary alicyclic amines) is 1. The number of hydrogen-bond acceptors (Lipinski definition) is 3. The van der Waals surface area contributed by atoms with Crippen molar-refractivity contribution in [3.8, 4) is 0 Å². The highest BCUT2D eigenvalue weighted by Gasteiger charge is 2.52. The van der Waals surface area contributed by atoms with Gasteiger partial charge in [0.05, 0.1) is 6.10 Å². The van der Waals surface area contributed by atoms with E-state index in [-0.39, 0.29) is 17.6 Å². The van der Waals surface area contributed by atoms with E-state index in [9.17, 15) is 5.11 Å². The Morgan fingerprint density at radius 3 is 3.00 bits per heavy atom. The molecule has 0 spiro atoms. The van der Waals surface area contributed by atoms with Crippen molar-refractivity contribution >= 4 is 10.9 Å². The molecule has 4 nitrogen and oxygen atoms in total. The van der Waals surface area contributed by atoms with E-state index in [0.717, 1.165) is 19.4 Å². The second-order valence-electron chi connectivity index (χ2n) is 7.00. The summed E-state index contributed by atoms with van der Waals surface area (Å²) in [5.74, 6) is 0.233. The lowest BCUT2D eigenvalue weighted by molar-refractivity contribution is -0.138. The summed E-state index contributed by atoms with van der Waals surface area (Å²) in [6, 6.07) is 6.76. The van der Waals surface area contributed by atoms with E-state index in [2.05, 4.69) is 41.3 Å². The number of nitrogens with zero attached hydrogens (tertiary/aromatic N) is 1. The molecule has 118 valence electrons. The lowest BCUT2D eigenvalue weighted by Gasteiger charge is -2.53. The number of aromatic amines is 1. The molecule has 1 aromatic carbocycles. The quantitative estimate of drug-likeness (QED) is 0.894. The largest absolute Gasteiger partial charge is 0.393 e. The molecule has 1 saturated heterocycles. The number of hydrogen-bond donors (Lipinski definition) is 2. The SMILES string of the molecule is CO[C@]12C[C@@H](C(C)O)CN(C)[C@@H]1Cc1c[nH]c3cccc2c13. The molecular formula is C18H24N2O2. The van der Waals surface area contributed by atoms with Gasteiger partial charge in [-0.15, -0.1) is 0 Å². The molecule has 2 aromatic rings. The van der Waals surface area contributed by atoms with Crippen LogP contribution in [-0.4, -0.2) is 47.8 Å². The molecule has 1 aliphatic heterocycles. The van der Waals surface area contributed by atoms with Crippen LogP contribution in [0.25, 0.3) is 10.9 Å². The van der Waals surface area contributed by atoms with Gasteiger partial charge < -0.3 is 14.8 Å². The number of fused-ring (bicyclic) bond motifs is 2. The molecule has 0 radical (unpaired) electrons. The first-order valence-corrected chi connectivity index (χ1v) is 8.09. The minimum atomic E-state index is -0.330. The first-order valence-electron chi connectivity index (χ1n) is 8.09. The average molecular weight is 300 g/mol. The predicted molar refractivity (Wildman–Crippen MR) is 86.9 cm³/mol. The molecule has 1 aliphatic carbocycles. The molecule has 0 saturated carbocycles. The van der Waals surface area contributed by atoms with Crippen LogP contribution in [0.5, 0.6) is 0 Å². The first kappa shape index (κ1) is 14.2. The van der Waals surface area contributed by atoms with Crippen LogP contribution in [0.3, 0.4) is 0 Å². The maximum atomic E-state index is 10.2. The Bertz CT molecular complexity index is 708. The lowest BCUT2D eigenvalue weighted by Crippen LogP contribution is -2.60. The molecular weight excluding hydrogens is 276 g/mol. The summed E-state index contributed by atoms with van der Waals surface area (Å²) >= 11 is 0. The van der Waals surface area contributed by atoms with Crippen LogP contribution in [-0.2, 0) is 16.8 Å². The molecule has 0 amide bonds. The number of ether oxygens (including phenoxy) is 1. The molecule has 1 aromatic heterocycles. The number of piperidine rings is 1. The van der Waals surface area contributed by atoms with Gasteiger partial charge in [0.15, 0.2) is 0 Å². The van der Waals surface area contributed by atoms with Gasteiger partial charge >= 0.3 is 0 Å². The molecule has 22 heavy (non-hydrogen) atoms. The zero-order valence-corrected chi connectivity index (χ0v) is 13.5. The smallest absolute Gasteiger partial charge is 0.110 e. The molecule has 4 atom stereocenters. The fourth-order valence-corrected chi connectivity index (χ4v) is 4.68. The number of aliphatic hydroxyl groups is 1. The monoisotopic (exact) mass is 300 g/mol. The van der Waals surface area contributed by atoms with Crippen LogP contribution in [0.15, 0.2) is 24.4 Å². The van der Waals surface area contributed by atoms with Gasteiger partial charge in [0.2, 0.25) is 0 Å². The highest BCUT2D eigenvalue weighted by Crippen LogP contribution is 2.49. The van der Waals surface area contributed by atoms with Crippen molar-refractivity contribution in [2.45, 2.75) is 37.5 Å². The molecule has 2 N–H and O–H groups in total. The Morgan fingerprint density at radius 2 is 2.27 bits per heavy atom. The van der Waals surface area contributed by atoms with Crippen LogP contribution >= 0.6 is 0 Å². The Morgan fingerprint density at radius 1 is 1.45 bits per heavy atom. The first-order chi connectivity index (χ1) is 10.6. The second-order valence-corrected chi connectivity index (χ2v) is 7.00. The minimum absolute atomic E-state index is 0.233. The average Bonchev–Trinajstić information content (AvgIpc) is 2.93. The van der Waals surface area contributed by atoms with Gasteiger partial charge in [-0.25, -0.2) is 0 Å². The van der Waals surface area contributed by atoms with Crippen molar-refractivity contribution in [1.29, 1.82) is 0 Å². The third kappa shape index (κ3) is 1.75. The number of H-pyrrole nitrogens is 1. The van der Waals surface area contributed by atoms with Gasteiger partial charge in [-0.3, -0.25) is 4.90 Å². The summed E-state index contributed by atoms with van der Waals surface area (Å²) in [6.45, 7) is 2.82. The van der Waals surface area contributed by atoms with Crippen molar-refractivity contribution in [2.75, 3.05) is 20.7 Å². The van der Waals surface area contributed by atoms with Crippen LogP contribution in [0, 0.1) is 5.92 Å². The van der Waals surface area contributed by atoms with E-state index < -0.39 is 0 Å². The van der Waals surface area contributed by atoms with E-state index in [1.807, 2.05) is 14.0 Å². The van der Waals surface area contributed by atoms with E-state index >= 15 is 0 Å². The van der Waals surface area contributed by atoms with Gasteiger partial charge in [0.1, 0.15) is 5.60 Å². The van der Waals surface area contributed by atoms with E-state index in [1.54, 1.807) is 0 Å². The number of benzene rings is 1. The molecule has 1 fully saturated rings. The fraction of sp³-hybridized carbons (Fsp3) is 0.556. The molecule has 4 rings (SSSR count). The molecule has 1 unspecified atom stereocenters. The van der Waals surface area contributed by atoms with Gasteiger partial charge in [-0.2, -0.15) is 0 Å². The number of likely N-dealkylation sites (N-methyl/N-ethyl adjacent to an activating group) is 1.